The molecule has 1 N–H and O–H groups in total. The van der Waals surface area contributed by atoms with Gasteiger partial charge in [-0.15, -0.1) is 0 Å². The summed E-state index contributed by atoms with van der Waals surface area (Å²) in [6.07, 6.45) is 2.22. The minimum atomic E-state index is 0.507. The molecule has 0 aliphatic rings. The fraction of sp³-hybridized carbons (Fsp3) is 0.200. The quantitative estimate of drug-likeness (QED) is 0.448. The zero-order valence-electron chi connectivity index (χ0n) is 7.77. The number of nitrogens with zero attached hydrogens (tertiary/aromatic N) is 2. The molecule has 72 valence electrons. The van der Waals surface area contributed by atoms with Gasteiger partial charge in [0.15, 0.2) is 5.58 Å². The maximum atomic E-state index is 8.50. The van der Waals surface area contributed by atoms with Gasteiger partial charge in [0.25, 0.3) is 0 Å². The van der Waals surface area contributed by atoms with Crippen LogP contribution in [0.15, 0.2) is 34.0 Å². The molecule has 0 aliphatic heterocycles. The van der Waals surface area contributed by atoms with E-state index in [1.807, 2.05) is 18.2 Å². The van der Waals surface area contributed by atoms with Gasteiger partial charge in [0, 0.05) is 18.7 Å². The molecule has 0 fully saturated rings. The van der Waals surface area contributed by atoms with Crippen LogP contribution in [0.25, 0.3) is 11.1 Å². The predicted octanol–water partition coefficient (Wildman–Crippen LogP) is 2.22. The molecule has 0 atom stereocenters. The summed E-state index contributed by atoms with van der Waals surface area (Å²) in [6.45, 7) is 1.74. The Morgan fingerprint density at radius 3 is 3.21 bits per heavy atom. The van der Waals surface area contributed by atoms with E-state index in [9.17, 15) is 0 Å². The van der Waals surface area contributed by atoms with Crippen LogP contribution < -0.4 is 0 Å². The maximum Gasteiger partial charge on any atom is 0.152 e. The van der Waals surface area contributed by atoms with Crippen LogP contribution in [0.1, 0.15) is 12.7 Å². The van der Waals surface area contributed by atoms with E-state index in [4.69, 9.17) is 9.62 Å². The van der Waals surface area contributed by atoms with E-state index < -0.39 is 0 Å². The van der Waals surface area contributed by atoms with Gasteiger partial charge in [-0.3, -0.25) is 4.98 Å². The van der Waals surface area contributed by atoms with Crippen LogP contribution in [-0.4, -0.2) is 15.9 Å². The molecule has 4 nitrogen and oxygen atoms in total. The van der Waals surface area contributed by atoms with Crippen LogP contribution >= 0.6 is 0 Å². The molecule has 2 rings (SSSR count). The molecule has 0 radical (unpaired) electrons. The fourth-order valence-electron chi connectivity index (χ4n) is 1.30. The molecule has 0 saturated carbocycles. The summed E-state index contributed by atoms with van der Waals surface area (Å²) in [6, 6.07) is 5.53. The highest BCUT2D eigenvalue weighted by Gasteiger charge is 2.05. The predicted molar refractivity (Wildman–Crippen MR) is 52.6 cm³/mol. The van der Waals surface area contributed by atoms with Crippen molar-refractivity contribution in [2.75, 3.05) is 0 Å². The second-order valence-corrected chi connectivity index (χ2v) is 3.11. The highest BCUT2D eigenvalue weighted by Crippen LogP contribution is 2.16. The Bertz CT molecular complexity index is 441. The number of aromatic nitrogens is 1. The Labute approximate surface area is 80.9 Å². The van der Waals surface area contributed by atoms with Crippen molar-refractivity contribution in [3.05, 3.63) is 30.2 Å². The van der Waals surface area contributed by atoms with E-state index in [1.165, 1.54) is 0 Å². The largest absolute Gasteiger partial charge is 0.459 e. The molecule has 0 unspecified atom stereocenters. The fourth-order valence-corrected chi connectivity index (χ4v) is 1.30. The van der Waals surface area contributed by atoms with Crippen molar-refractivity contribution in [2.24, 2.45) is 5.16 Å². The number of fused-ring (bicyclic) bond motifs is 1. The van der Waals surface area contributed by atoms with Crippen molar-refractivity contribution in [1.82, 2.24) is 4.98 Å². The van der Waals surface area contributed by atoms with Gasteiger partial charge in [-0.05, 0) is 19.1 Å². The summed E-state index contributed by atoms with van der Waals surface area (Å²) >= 11 is 0. The third kappa shape index (κ3) is 1.59. The Morgan fingerprint density at radius 2 is 2.50 bits per heavy atom. The average Bonchev–Trinajstić information content (AvgIpc) is 2.59. The summed E-state index contributed by atoms with van der Waals surface area (Å²) in [7, 11) is 0. The molecule has 2 aromatic rings. The van der Waals surface area contributed by atoms with Crippen LogP contribution in [0.2, 0.25) is 0 Å². The van der Waals surface area contributed by atoms with Crippen LogP contribution in [0.5, 0.6) is 0 Å². The molecule has 0 amide bonds. The van der Waals surface area contributed by atoms with Gasteiger partial charge >= 0.3 is 0 Å². The molecule has 14 heavy (non-hydrogen) atoms. The number of furan rings is 1. The molecule has 2 aromatic heterocycles. The number of hydrogen-bond acceptors (Lipinski definition) is 4. The lowest BCUT2D eigenvalue weighted by molar-refractivity contribution is 0.317. The van der Waals surface area contributed by atoms with E-state index in [0.29, 0.717) is 12.1 Å². The Hall–Kier alpha value is -1.84. The molecular formula is C10H10N2O2. The van der Waals surface area contributed by atoms with E-state index >= 15 is 0 Å². The lowest BCUT2D eigenvalue weighted by Crippen LogP contribution is -1.95. The normalized spacial score (nSPS) is 12.2. The number of pyridine rings is 1. The van der Waals surface area contributed by atoms with Crippen molar-refractivity contribution in [3.8, 4) is 0 Å². The summed E-state index contributed by atoms with van der Waals surface area (Å²) < 4.78 is 5.49. The second kappa shape index (κ2) is 3.49. The number of rotatable bonds is 2. The summed E-state index contributed by atoms with van der Waals surface area (Å²) in [5.74, 6) is 0.758. The molecule has 4 heteroatoms. The Balaban J connectivity index is 2.36. The van der Waals surface area contributed by atoms with Gasteiger partial charge in [-0.25, -0.2) is 0 Å². The Morgan fingerprint density at radius 1 is 1.64 bits per heavy atom. The van der Waals surface area contributed by atoms with Gasteiger partial charge in [0.05, 0.1) is 5.71 Å². The van der Waals surface area contributed by atoms with Crippen molar-refractivity contribution in [3.63, 3.8) is 0 Å². The highest BCUT2D eigenvalue weighted by atomic mass is 16.4. The molecule has 0 saturated heterocycles. The molecule has 0 spiro atoms. The van der Waals surface area contributed by atoms with Crippen molar-refractivity contribution < 1.29 is 9.62 Å². The second-order valence-electron chi connectivity index (χ2n) is 3.11. The number of hydrogen-bond donors (Lipinski definition) is 1. The van der Waals surface area contributed by atoms with Gasteiger partial charge < -0.3 is 9.62 Å². The Kier molecular flexibility index (Phi) is 2.18. The summed E-state index contributed by atoms with van der Waals surface area (Å²) in [5.41, 5.74) is 2.20. The molecule has 0 aliphatic carbocycles. The third-order valence-electron chi connectivity index (χ3n) is 1.94. The lowest BCUT2D eigenvalue weighted by Gasteiger charge is -1.91. The standard InChI is InChI=1S/C10H10N2O2/c1-7(12-13)5-8-6-9-10(14-8)3-2-4-11-9/h2-4,6,13H,5H2,1H3/b12-7+. The van der Waals surface area contributed by atoms with Gasteiger partial charge in [-0.2, -0.15) is 0 Å². The first-order valence-corrected chi connectivity index (χ1v) is 4.30. The van der Waals surface area contributed by atoms with Crippen LogP contribution in [-0.2, 0) is 6.42 Å². The molecular weight excluding hydrogens is 180 g/mol. The zero-order chi connectivity index (χ0) is 9.97. The molecule has 0 bridgehead atoms. The zero-order valence-corrected chi connectivity index (χ0v) is 7.77. The van der Waals surface area contributed by atoms with Crippen molar-refractivity contribution in [2.45, 2.75) is 13.3 Å². The van der Waals surface area contributed by atoms with E-state index in [1.54, 1.807) is 13.1 Å². The summed E-state index contributed by atoms with van der Waals surface area (Å²) in [4.78, 5) is 4.14. The van der Waals surface area contributed by atoms with Gasteiger partial charge in [0.1, 0.15) is 11.3 Å². The average molecular weight is 190 g/mol. The van der Waals surface area contributed by atoms with Gasteiger partial charge in [0.2, 0.25) is 0 Å². The maximum absolute atomic E-state index is 8.50. The highest BCUT2D eigenvalue weighted by molar-refractivity contribution is 5.84. The molecule has 0 aromatic carbocycles. The topological polar surface area (TPSA) is 58.6 Å². The minimum Gasteiger partial charge on any atom is -0.459 e. The smallest absolute Gasteiger partial charge is 0.152 e. The van der Waals surface area contributed by atoms with Crippen molar-refractivity contribution >= 4 is 16.8 Å². The first-order valence-electron chi connectivity index (χ1n) is 4.30. The van der Waals surface area contributed by atoms with Crippen LogP contribution in [0.4, 0.5) is 0 Å². The minimum absolute atomic E-state index is 0.507. The summed E-state index contributed by atoms with van der Waals surface area (Å²) in [5, 5.41) is 11.6. The first kappa shape index (κ1) is 8.74. The van der Waals surface area contributed by atoms with E-state index in [0.717, 1.165) is 16.9 Å². The van der Waals surface area contributed by atoms with Crippen LogP contribution in [0.3, 0.4) is 0 Å². The van der Waals surface area contributed by atoms with E-state index in [-0.39, 0.29) is 0 Å². The van der Waals surface area contributed by atoms with Crippen molar-refractivity contribution in [1.29, 1.82) is 0 Å². The third-order valence-corrected chi connectivity index (χ3v) is 1.94. The number of oxime groups is 1. The SMILES string of the molecule is C/C(Cc1cc2ncccc2o1)=N\O. The first-order chi connectivity index (χ1) is 6.79. The molecule has 2 heterocycles. The van der Waals surface area contributed by atoms with Gasteiger partial charge in [-0.1, -0.05) is 5.16 Å². The van der Waals surface area contributed by atoms with E-state index in [2.05, 4.69) is 10.1 Å². The lowest BCUT2D eigenvalue weighted by atomic mass is 10.2. The monoisotopic (exact) mass is 190 g/mol. The van der Waals surface area contributed by atoms with Crippen LogP contribution in [0, 0.1) is 0 Å².